The van der Waals surface area contributed by atoms with E-state index in [1.807, 2.05) is 4.90 Å². The van der Waals surface area contributed by atoms with Gasteiger partial charge in [-0.2, -0.15) is 9.97 Å². The number of anilines is 1. The number of pyridine rings is 1. The predicted octanol–water partition coefficient (Wildman–Crippen LogP) is 2.69. The largest absolute Gasteiger partial charge is 0.465 e. The molecular weight excluding hydrogens is 441 g/mol. The minimum atomic E-state index is -0.910. The topological polar surface area (TPSA) is 112 Å². The highest BCUT2D eigenvalue weighted by molar-refractivity contribution is 6.30. The first-order chi connectivity index (χ1) is 15.3. The number of aliphatic hydroxyl groups is 1. The third-order valence-corrected chi connectivity index (χ3v) is 7.96. The molecule has 2 aromatic heterocycles. The van der Waals surface area contributed by atoms with Crippen LogP contribution in [0.25, 0.3) is 10.9 Å². The maximum Gasteiger partial charge on any atom is 0.407 e. The first kappa shape index (κ1) is 20.2. The van der Waals surface area contributed by atoms with Crippen molar-refractivity contribution in [2.45, 2.75) is 44.2 Å². The number of hydrogen-bond acceptors (Lipinski definition) is 7. The second-order valence-corrected chi connectivity index (χ2v) is 10.3. The monoisotopic (exact) mass is 463 g/mol. The van der Waals surface area contributed by atoms with Gasteiger partial charge in [0.1, 0.15) is 11.3 Å². The summed E-state index contributed by atoms with van der Waals surface area (Å²) in [4.78, 5) is 28.0. The van der Waals surface area contributed by atoms with Crippen molar-refractivity contribution in [3.8, 4) is 6.01 Å². The molecule has 3 saturated carbocycles. The van der Waals surface area contributed by atoms with Gasteiger partial charge in [0, 0.05) is 31.3 Å². The first-order valence-corrected chi connectivity index (χ1v) is 11.2. The highest BCUT2D eigenvalue weighted by atomic mass is 35.5. The minimum Gasteiger partial charge on any atom is -0.465 e. The van der Waals surface area contributed by atoms with Crippen LogP contribution in [-0.2, 0) is 0 Å². The van der Waals surface area contributed by atoms with Gasteiger partial charge in [-0.05, 0) is 37.5 Å². The fourth-order valence-corrected chi connectivity index (χ4v) is 6.60. The molecule has 32 heavy (non-hydrogen) atoms. The van der Waals surface area contributed by atoms with E-state index in [2.05, 4.69) is 15.0 Å². The van der Waals surface area contributed by atoms with E-state index in [9.17, 15) is 19.4 Å². The minimum absolute atomic E-state index is 0.0435. The summed E-state index contributed by atoms with van der Waals surface area (Å²) in [5.41, 5.74) is 0.150. The van der Waals surface area contributed by atoms with Crippen molar-refractivity contribution in [2.75, 3.05) is 31.2 Å². The number of amides is 1. The number of piperazine rings is 1. The normalized spacial score (nSPS) is 32.6. The Hall–Kier alpha value is -2.46. The lowest BCUT2D eigenvalue weighted by atomic mass is 9.36. The maximum absolute atomic E-state index is 14.8. The van der Waals surface area contributed by atoms with E-state index < -0.39 is 11.9 Å². The summed E-state index contributed by atoms with van der Waals surface area (Å²) in [7, 11) is 0. The van der Waals surface area contributed by atoms with E-state index in [0.29, 0.717) is 30.9 Å². The SMILES string of the molecule is O=C(O)N1C2CCC1CN(c1nc(OCC34CC(CO)(C3)C4)nc3c(F)c(Cl)ncc13)C2. The number of nitrogens with zero attached hydrogens (tertiary/aromatic N) is 5. The summed E-state index contributed by atoms with van der Waals surface area (Å²) in [6.07, 6.45) is 4.87. The lowest BCUT2D eigenvalue weighted by molar-refractivity contribution is -0.236. The Morgan fingerprint density at radius 2 is 1.91 bits per heavy atom. The quantitative estimate of drug-likeness (QED) is 0.651. The van der Waals surface area contributed by atoms with Gasteiger partial charge >= 0.3 is 12.1 Å². The number of ether oxygens (including phenoxy) is 1. The Labute approximate surface area is 188 Å². The van der Waals surface area contributed by atoms with Crippen molar-refractivity contribution in [3.05, 3.63) is 17.2 Å². The fourth-order valence-electron chi connectivity index (χ4n) is 6.46. The van der Waals surface area contributed by atoms with Crippen molar-refractivity contribution in [1.82, 2.24) is 19.9 Å². The van der Waals surface area contributed by atoms with Gasteiger partial charge in [-0.15, -0.1) is 0 Å². The summed E-state index contributed by atoms with van der Waals surface area (Å²) in [6.45, 7) is 1.54. The summed E-state index contributed by atoms with van der Waals surface area (Å²) in [5.74, 6) is -0.242. The summed E-state index contributed by atoms with van der Waals surface area (Å²) < 4.78 is 20.8. The lowest BCUT2D eigenvalue weighted by Crippen LogP contribution is -2.65. The van der Waals surface area contributed by atoms with Crippen LogP contribution in [0.15, 0.2) is 6.20 Å². The third kappa shape index (κ3) is 2.85. The van der Waals surface area contributed by atoms with Gasteiger partial charge in [0.25, 0.3) is 0 Å². The molecule has 5 fully saturated rings. The van der Waals surface area contributed by atoms with Crippen LogP contribution in [0.3, 0.4) is 0 Å². The number of hydrogen-bond donors (Lipinski definition) is 2. The van der Waals surface area contributed by atoms with Crippen LogP contribution in [0.2, 0.25) is 5.15 Å². The van der Waals surface area contributed by atoms with Crippen molar-refractivity contribution < 1.29 is 24.1 Å². The zero-order valence-corrected chi connectivity index (χ0v) is 18.1. The van der Waals surface area contributed by atoms with Crippen LogP contribution in [0.4, 0.5) is 15.0 Å². The second-order valence-electron chi connectivity index (χ2n) is 9.91. The van der Waals surface area contributed by atoms with Crippen LogP contribution >= 0.6 is 11.6 Å². The molecular formula is C21H23ClFN5O4. The molecule has 9 nitrogen and oxygen atoms in total. The van der Waals surface area contributed by atoms with Crippen molar-refractivity contribution >= 4 is 34.4 Å². The van der Waals surface area contributed by atoms with Gasteiger partial charge in [0.2, 0.25) is 0 Å². The average Bonchev–Trinajstić information content (AvgIpc) is 2.99. The second kappa shape index (κ2) is 6.77. The van der Waals surface area contributed by atoms with Crippen LogP contribution in [0.1, 0.15) is 32.1 Å². The van der Waals surface area contributed by atoms with Crippen molar-refractivity contribution in [2.24, 2.45) is 10.8 Å². The Balaban J connectivity index is 1.32. The highest BCUT2D eigenvalue weighted by Crippen LogP contribution is 2.72. The number of aromatic nitrogens is 3. The molecule has 2 N–H and O–H groups in total. The van der Waals surface area contributed by atoms with Crippen LogP contribution in [-0.4, -0.2) is 74.5 Å². The van der Waals surface area contributed by atoms with E-state index in [-0.39, 0.29) is 46.2 Å². The van der Waals surface area contributed by atoms with Gasteiger partial charge in [-0.3, -0.25) is 4.90 Å². The number of aliphatic hydroxyl groups excluding tert-OH is 1. The number of rotatable bonds is 5. The molecule has 170 valence electrons. The summed E-state index contributed by atoms with van der Waals surface area (Å²) in [5, 5.41) is 19.2. The molecule has 2 atom stereocenters. The summed E-state index contributed by atoms with van der Waals surface area (Å²) in [6, 6.07) is -0.202. The molecule has 4 bridgehead atoms. The smallest absolute Gasteiger partial charge is 0.407 e. The van der Waals surface area contributed by atoms with Gasteiger partial charge in [-0.25, -0.2) is 14.2 Å². The fraction of sp³-hybridized carbons (Fsp3) is 0.619. The van der Waals surface area contributed by atoms with Crippen LogP contribution < -0.4 is 9.64 Å². The maximum atomic E-state index is 14.8. The molecule has 2 saturated heterocycles. The van der Waals surface area contributed by atoms with Crippen LogP contribution in [0.5, 0.6) is 6.01 Å². The number of carbonyl (C=O) groups is 1. The number of halogens is 2. The Morgan fingerprint density at radius 1 is 1.22 bits per heavy atom. The molecule has 0 spiro atoms. The van der Waals surface area contributed by atoms with Crippen molar-refractivity contribution in [3.63, 3.8) is 0 Å². The molecule has 1 amide bonds. The molecule has 11 heteroatoms. The van der Waals surface area contributed by atoms with E-state index in [1.54, 1.807) is 0 Å². The highest BCUT2D eigenvalue weighted by Gasteiger charge is 2.67. The molecule has 5 aliphatic rings. The number of carboxylic acid groups (broad SMARTS) is 1. The first-order valence-electron chi connectivity index (χ1n) is 10.8. The van der Waals surface area contributed by atoms with E-state index in [0.717, 1.165) is 32.1 Å². The molecule has 0 radical (unpaired) electrons. The summed E-state index contributed by atoms with van der Waals surface area (Å²) >= 11 is 5.91. The predicted molar refractivity (Wildman–Crippen MR) is 112 cm³/mol. The number of fused-ring (bicyclic) bond motifs is 3. The molecule has 2 unspecified atom stereocenters. The standard InChI is InChI=1S/C21H23ClFN5O4/c22-16-14(23)15-13(3-24-16)17(27-4-11-1-2-12(5-27)28(11)19(30)31)26-18(25-15)32-10-21-6-20(7-21,8-21)9-29/h3,11-12,29H,1-2,4-10H2,(H,30,31). The van der Waals surface area contributed by atoms with Gasteiger partial charge in [0.15, 0.2) is 11.0 Å². The third-order valence-electron chi connectivity index (χ3n) is 7.70. The van der Waals surface area contributed by atoms with Crippen molar-refractivity contribution in [1.29, 1.82) is 0 Å². The molecule has 2 aromatic rings. The van der Waals surface area contributed by atoms with Gasteiger partial charge in [-0.1, -0.05) is 11.6 Å². The van der Waals surface area contributed by atoms with E-state index >= 15 is 0 Å². The van der Waals surface area contributed by atoms with Gasteiger partial charge in [0.05, 0.1) is 24.1 Å². The Morgan fingerprint density at radius 3 is 2.53 bits per heavy atom. The Kier molecular flexibility index (Phi) is 4.27. The average molecular weight is 464 g/mol. The molecule has 3 aliphatic carbocycles. The molecule has 0 aromatic carbocycles. The van der Waals surface area contributed by atoms with E-state index in [4.69, 9.17) is 16.3 Å². The van der Waals surface area contributed by atoms with Gasteiger partial charge < -0.3 is 19.8 Å². The lowest BCUT2D eigenvalue weighted by Gasteiger charge is -2.69. The molecule has 4 heterocycles. The van der Waals surface area contributed by atoms with Crippen LogP contribution in [0, 0.1) is 16.6 Å². The Bertz CT molecular complexity index is 1100. The zero-order chi connectivity index (χ0) is 22.3. The molecule has 7 rings (SSSR count). The zero-order valence-electron chi connectivity index (χ0n) is 17.3. The van der Waals surface area contributed by atoms with E-state index in [1.165, 1.54) is 11.1 Å². The molecule has 2 aliphatic heterocycles.